The Morgan fingerprint density at radius 3 is 1.50 bits per heavy atom. The van der Waals surface area contributed by atoms with Crippen LogP contribution in [0.5, 0.6) is 0 Å². The number of benzene rings is 4. The van der Waals surface area contributed by atoms with Crippen LogP contribution in [0, 0.1) is 6.07 Å². The molecule has 0 spiro atoms. The van der Waals surface area contributed by atoms with E-state index in [1.807, 2.05) is 84.9 Å². The first-order valence-corrected chi connectivity index (χ1v) is 9.81. The summed E-state index contributed by atoms with van der Waals surface area (Å²) in [6.07, 6.45) is 0. The molecule has 0 fully saturated rings. The molecule has 5 rings (SSSR count). The highest BCUT2D eigenvalue weighted by molar-refractivity contribution is 5.81. The Morgan fingerprint density at radius 1 is 0.400 bits per heavy atom. The maximum atomic E-state index is 4.86. The van der Waals surface area contributed by atoms with E-state index in [-0.39, 0.29) is 0 Å². The minimum absolute atomic E-state index is 0.649. The molecule has 1 radical (unpaired) electrons. The predicted molar refractivity (Wildman–Crippen MR) is 120 cm³/mol. The van der Waals surface area contributed by atoms with Crippen molar-refractivity contribution in [2.45, 2.75) is 0 Å². The third-order valence-corrected chi connectivity index (χ3v) is 4.90. The molecular weight excluding hydrogens is 366 g/mol. The maximum absolute atomic E-state index is 4.86. The lowest BCUT2D eigenvalue weighted by Crippen LogP contribution is -2.01. The van der Waals surface area contributed by atoms with Crippen molar-refractivity contribution in [1.82, 2.24) is 15.0 Å². The van der Waals surface area contributed by atoms with Crippen molar-refractivity contribution in [3.63, 3.8) is 0 Å². The van der Waals surface area contributed by atoms with E-state index in [1.54, 1.807) is 0 Å². The highest BCUT2D eigenvalue weighted by Gasteiger charge is 2.15. The lowest BCUT2D eigenvalue weighted by atomic mass is 9.99. The van der Waals surface area contributed by atoms with Crippen LogP contribution in [0.2, 0.25) is 0 Å². The van der Waals surface area contributed by atoms with Gasteiger partial charge in [-0.3, -0.25) is 0 Å². The molecule has 1 heterocycles. The molecule has 141 valence electrons. The first-order chi connectivity index (χ1) is 14.9. The summed E-state index contributed by atoms with van der Waals surface area (Å²) in [7, 11) is 0. The van der Waals surface area contributed by atoms with E-state index in [4.69, 9.17) is 15.0 Å². The zero-order valence-corrected chi connectivity index (χ0v) is 16.2. The second kappa shape index (κ2) is 8.10. The van der Waals surface area contributed by atoms with Crippen LogP contribution in [-0.4, -0.2) is 15.0 Å². The Kier molecular flexibility index (Phi) is 4.84. The lowest BCUT2D eigenvalue weighted by Gasteiger charge is -2.12. The minimum Gasteiger partial charge on any atom is -0.208 e. The molecular formula is C27H18N3. The first kappa shape index (κ1) is 18.0. The van der Waals surface area contributed by atoms with Gasteiger partial charge < -0.3 is 0 Å². The quantitative estimate of drug-likeness (QED) is 0.363. The van der Waals surface area contributed by atoms with E-state index in [0.29, 0.717) is 17.5 Å². The van der Waals surface area contributed by atoms with Gasteiger partial charge in [0.15, 0.2) is 17.5 Å². The molecule has 0 atom stereocenters. The molecule has 30 heavy (non-hydrogen) atoms. The van der Waals surface area contributed by atoms with Gasteiger partial charge >= 0.3 is 0 Å². The molecule has 3 nitrogen and oxygen atoms in total. The van der Waals surface area contributed by atoms with Gasteiger partial charge in [-0.2, -0.15) is 0 Å². The van der Waals surface area contributed by atoms with Crippen molar-refractivity contribution in [3.05, 3.63) is 115 Å². The number of rotatable bonds is 4. The van der Waals surface area contributed by atoms with Gasteiger partial charge in [0.1, 0.15) is 0 Å². The Bertz CT molecular complexity index is 1210. The van der Waals surface area contributed by atoms with Crippen LogP contribution in [0.4, 0.5) is 0 Å². The van der Waals surface area contributed by atoms with Crippen LogP contribution in [0.25, 0.3) is 45.3 Å². The number of hydrogen-bond donors (Lipinski definition) is 0. The second-order valence-corrected chi connectivity index (χ2v) is 6.87. The summed E-state index contributed by atoms with van der Waals surface area (Å²) < 4.78 is 0. The Hall–Kier alpha value is -4.11. The maximum Gasteiger partial charge on any atom is 0.164 e. The fraction of sp³-hybridized carbons (Fsp3) is 0. The first-order valence-electron chi connectivity index (χ1n) is 9.81. The molecule has 0 bridgehead atoms. The van der Waals surface area contributed by atoms with E-state index in [2.05, 4.69) is 30.3 Å². The van der Waals surface area contributed by atoms with E-state index in [1.165, 1.54) is 0 Å². The fourth-order valence-corrected chi connectivity index (χ4v) is 3.43. The Morgan fingerprint density at radius 2 is 0.867 bits per heavy atom. The second-order valence-electron chi connectivity index (χ2n) is 6.87. The van der Waals surface area contributed by atoms with E-state index >= 15 is 0 Å². The summed E-state index contributed by atoms with van der Waals surface area (Å²) in [6.45, 7) is 0. The SMILES string of the molecule is [c]1ccc(-c2nc(-c3ccccc3)nc(-c3ccccc3-c3ccccc3)n2)cc1. The molecule has 0 aliphatic carbocycles. The van der Waals surface area contributed by atoms with E-state index < -0.39 is 0 Å². The number of hydrogen-bond acceptors (Lipinski definition) is 3. The molecule has 5 aromatic rings. The summed E-state index contributed by atoms with van der Waals surface area (Å²) >= 11 is 0. The highest BCUT2D eigenvalue weighted by atomic mass is 15.0. The zero-order chi connectivity index (χ0) is 20.2. The molecule has 0 N–H and O–H groups in total. The van der Waals surface area contributed by atoms with Gasteiger partial charge in [-0.05, 0) is 17.2 Å². The summed E-state index contributed by atoms with van der Waals surface area (Å²) in [5.74, 6) is 1.97. The van der Waals surface area contributed by atoms with Gasteiger partial charge in [0.2, 0.25) is 0 Å². The van der Waals surface area contributed by atoms with Crippen LogP contribution in [0.1, 0.15) is 0 Å². The van der Waals surface area contributed by atoms with Crippen LogP contribution in [0.15, 0.2) is 109 Å². The Labute approximate surface area is 175 Å². The monoisotopic (exact) mass is 384 g/mol. The van der Waals surface area contributed by atoms with Crippen molar-refractivity contribution in [2.75, 3.05) is 0 Å². The third kappa shape index (κ3) is 3.61. The molecule has 4 aromatic carbocycles. The normalized spacial score (nSPS) is 10.7. The van der Waals surface area contributed by atoms with Crippen molar-refractivity contribution in [3.8, 4) is 45.3 Å². The van der Waals surface area contributed by atoms with Gasteiger partial charge in [-0.15, -0.1) is 0 Å². The Balaban J connectivity index is 1.74. The largest absolute Gasteiger partial charge is 0.208 e. The fourth-order valence-electron chi connectivity index (χ4n) is 3.43. The van der Waals surface area contributed by atoms with Crippen molar-refractivity contribution in [2.24, 2.45) is 0 Å². The smallest absolute Gasteiger partial charge is 0.164 e. The van der Waals surface area contributed by atoms with Crippen molar-refractivity contribution in [1.29, 1.82) is 0 Å². The minimum atomic E-state index is 0.649. The average molecular weight is 384 g/mol. The summed E-state index contributed by atoms with van der Waals surface area (Å²) in [6, 6.07) is 39.3. The molecule has 1 aromatic heterocycles. The predicted octanol–water partition coefficient (Wildman–Crippen LogP) is 6.34. The van der Waals surface area contributed by atoms with Crippen LogP contribution in [-0.2, 0) is 0 Å². The van der Waals surface area contributed by atoms with Crippen LogP contribution in [0.3, 0.4) is 0 Å². The molecule has 3 heteroatoms. The van der Waals surface area contributed by atoms with Crippen LogP contribution < -0.4 is 0 Å². The summed E-state index contributed by atoms with van der Waals surface area (Å²) in [4.78, 5) is 14.5. The molecule has 0 amide bonds. The topological polar surface area (TPSA) is 38.7 Å². The van der Waals surface area contributed by atoms with Crippen molar-refractivity contribution < 1.29 is 0 Å². The summed E-state index contributed by atoms with van der Waals surface area (Å²) in [5.41, 5.74) is 5.10. The molecule has 0 unspecified atom stereocenters. The standard InChI is InChI=1S/C27H18N3/c1-4-12-20(13-5-1)23-18-10-11-19-24(23)27-29-25(21-14-6-2-7-15-21)28-26(30-27)22-16-8-3-9-17-22/h1-2,4-19H. The highest BCUT2D eigenvalue weighted by Crippen LogP contribution is 2.32. The van der Waals surface area contributed by atoms with E-state index in [9.17, 15) is 0 Å². The molecule has 0 aliphatic rings. The van der Waals surface area contributed by atoms with Gasteiger partial charge in [0.25, 0.3) is 0 Å². The molecule has 0 saturated heterocycles. The van der Waals surface area contributed by atoms with Crippen LogP contribution >= 0.6 is 0 Å². The molecule has 0 saturated carbocycles. The molecule has 0 aliphatic heterocycles. The van der Waals surface area contributed by atoms with Gasteiger partial charge in [-0.25, -0.2) is 15.0 Å². The zero-order valence-electron chi connectivity index (χ0n) is 16.2. The average Bonchev–Trinajstić information content (AvgIpc) is 2.85. The third-order valence-electron chi connectivity index (χ3n) is 4.90. The lowest BCUT2D eigenvalue weighted by molar-refractivity contribution is 1.07. The number of aromatic nitrogens is 3. The van der Waals surface area contributed by atoms with Gasteiger partial charge in [0.05, 0.1) is 0 Å². The van der Waals surface area contributed by atoms with Gasteiger partial charge in [-0.1, -0.05) is 109 Å². The summed E-state index contributed by atoms with van der Waals surface area (Å²) in [5, 5.41) is 0. The number of nitrogens with zero attached hydrogens (tertiary/aromatic N) is 3. The van der Waals surface area contributed by atoms with E-state index in [0.717, 1.165) is 27.8 Å². The van der Waals surface area contributed by atoms with Crippen molar-refractivity contribution >= 4 is 0 Å². The van der Waals surface area contributed by atoms with Gasteiger partial charge in [0, 0.05) is 16.7 Å².